The van der Waals surface area contributed by atoms with Crippen LogP contribution in [0.25, 0.3) is 0 Å². The van der Waals surface area contributed by atoms with E-state index in [0.717, 1.165) is 57.8 Å². The number of unbranched alkanes of at least 4 members (excludes halogenated alkanes) is 14. The molecule has 0 aromatic carbocycles. The van der Waals surface area contributed by atoms with E-state index in [2.05, 4.69) is 48.0 Å². The van der Waals surface area contributed by atoms with Crippen LogP contribution in [0, 0.1) is 0 Å². The number of ether oxygens (including phenoxy) is 1. The monoisotopic (exact) mass is 675 g/mol. The first-order chi connectivity index (χ1) is 22.1. The minimum atomic E-state index is -4.73. The average Bonchev–Trinajstić information content (AvgIpc) is 3.02. The number of carbonyl (C=O) groups is 3. The minimum absolute atomic E-state index is 0.137. The van der Waals surface area contributed by atoms with E-state index in [-0.39, 0.29) is 12.8 Å². The molecular formula is C34H62NO10P. The molecule has 0 aliphatic rings. The summed E-state index contributed by atoms with van der Waals surface area (Å²) in [6.07, 6.45) is 27.1. The summed E-state index contributed by atoms with van der Waals surface area (Å²) in [5.41, 5.74) is 0. The molecule has 4 N–H and O–H groups in total. The second-order valence-electron chi connectivity index (χ2n) is 11.7. The van der Waals surface area contributed by atoms with Crippen LogP contribution in [0.4, 0.5) is 0 Å². The summed E-state index contributed by atoms with van der Waals surface area (Å²) in [5, 5.41) is 21.5. The number of hydrogen-bond donors (Lipinski definition) is 4. The Labute approximate surface area is 277 Å². The van der Waals surface area contributed by atoms with Crippen molar-refractivity contribution in [3.8, 4) is 0 Å². The lowest BCUT2D eigenvalue weighted by molar-refractivity contribution is -0.147. The Balaban J connectivity index is 3.97. The fraction of sp³-hybridized carbons (Fsp3) is 0.794. The molecule has 0 radical (unpaired) electrons. The molecule has 3 unspecified atom stereocenters. The molecule has 268 valence electrons. The first-order valence-electron chi connectivity index (χ1n) is 17.4. The molecule has 0 aliphatic carbocycles. The van der Waals surface area contributed by atoms with Crippen molar-refractivity contribution in [1.82, 2.24) is 5.32 Å². The van der Waals surface area contributed by atoms with Crippen LogP contribution in [0.1, 0.15) is 142 Å². The zero-order valence-electron chi connectivity index (χ0n) is 28.4. The summed E-state index contributed by atoms with van der Waals surface area (Å²) in [5.74, 6) is -2.40. The van der Waals surface area contributed by atoms with E-state index < -0.39 is 57.6 Å². The summed E-state index contributed by atoms with van der Waals surface area (Å²) in [6.45, 7) is 2.39. The van der Waals surface area contributed by atoms with Gasteiger partial charge in [0, 0.05) is 12.8 Å². The zero-order chi connectivity index (χ0) is 34.3. The Morgan fingerprint density at radius 2 is 1.20 bits per heavy atom. The number of phosphoric ester groups is 1. The third-order valence-electron chi connectivity index (χ3n) is 7.24. The van der Waals surface area contributed by atoms with Crippen LogP contribution in [0.15, 0.2) is 24.3 Å². The van der Waals surface area contributed by atoms with Gasteiger partial charge in [-0.05, 0) is 44.9 Å². The minimum Gasteiger partial charge on any atom is -0.480 e. The fourth-order valence-electron chi connectivity index (χ4n) is 4.46. The molecule has 0 spiro atoms. The molecule has 12 heteroatoms. The van der Waals surface area contributed by atoms with E-state index >= 15 is 0 Å². The molecule has 0 saturated heterocycles. The van der Waals surface area contributed by atoms with Crippen LogP contribution in [0.2, 0.25) is 0 Å². The van der Waals surface area contributed by atoms with Crippen molar-refractivity contribution in [2.75, 3.05) is 19.8 Å². The number of hydrogen-bond acceptors (Lipinski definition) is 8. The number of esters is 1. The Morgan fingerprint density at radius 3 is 1.78 bits per heavy atom. The normalized spacial score (nSPS) is 14.3. The number of carboxylic acids is 1. The van der Waals surface area contributed by atoms with Gasteiger partial charge in [-0.2, -0.15) is 0 Å². The third kappa shape index (κ3) is 29.4. The van der Waals surface area contributed by atoms with Crippen molar-refractivity contribution in [3.63, 3.8) is 0 Å². The quantitative estimate of drug-likeness (QED) is 0.0242. The third-order valence-corrected chi connectivity index (χ3v) is 8.19. The number of rotatable bonds is 32. The Hall–Kier alpha value is -2.04. The summed E-state index contributed by atoms with van der Waals surface area (Å²) < 4.78 is 26.4. The average molecular weight is 676 g/mol. The lowest BCUT2D eigenvalue weighted by atomic mass is 10.1. The van der Waals surface area contributed by atoms with Gasteiger partial charge in [-0.1, -0.05) is 109 Å². The van der Waals surface area contributed by atoms with E-state index in [4.69, 9.17) is 9.26 Å². The lowest BCUT2D eigenvalue weighted by Crippen LogP contribution is -2.43. The van der Waals surface area contributed by atoms with Gasteiger partial charge in [0.2, 0.25) is 5.91 Å². The number of nitrogens with one attached hydrogen (secondary N) is 1. The highest BCUT2D eigenvalue weighted by atomic mass is 31.2. The van der Waals surface area contributed by atoms with Crippen molar-refractivity contribution in [2.24, 2.45) is 0 Å². The van der Waals surface area contributed by atoms with Gasteiger partial charge in [0.25, 0.3) is 0 Å². The van der Waals surface area contributed by atoms with Crippen molar-refractivity contribution < 1.29 is 47.8 Å². The van der Waals surface area contributed by atoms with Crippen LogP contribution in [0.5, 0.6) is 0 Å². The largest absolute Gasteiger partial charge is 0.480 e. The molecule has 0 aromatic heterocycles. The predicted molar refractivity (Wildman–Crippen MR) is 180 cm³/mol. The lowest BCUT2D eigenvalue weighted by Gasteiger charge is -2.18. The first kappa shape index (κ1) is 44.0. The second kappa shape index (κ2) is 30.3. The number of amides is 1. The molecule has 1 amide bonds. The predicted octanol–water partition coefficient (Wildman–Crippen LogP) is 7.55. The van der Waals surface area contributed by atoms with Gasteiger partial charge in [0.1, 0.15) is 12.7 Å². The number of carbonyl (C=O) groups excluding carboxylic acids is 2. The van der Waals surface area contributed by atoms with Gasteiger partial charge < -0.3 is 25.2 Å². The number of aliphatic hydroxyl groups excluding tert-OH is 1. The van der Waals surface area contributed by atoms with Crippen LogP contribution in [-0.4, -0.2) is 64.9 Å². The Kier molecular flexibility index (Phi) is 29.0. The summed E-state index contributed by atoms with van der Waals surface area (Å²) in [4.78, 5) is 45.2. The highest BCUT2D eigenvalue weighted by Crippen LogP contribution is 2.43. The highest BCUT2D eigenvalue weighted by molar-refractivity contribution is 7.47. The summed E-state index contributed by atoms with van der Waals surface area (Å²) >= 11 is 0. The molecule has 0 saturated carbocycles. The topological polar surface area (TPSA) is 169 Å². The maximum Gasteiger partial charge on any atom is 0.472 e. The maximum absolute atomic E-state index is 12.2. The molecule has 0 aromatic rings. The smallest absolute Gasteiger partial charge is 0.472 e. The molecule has 0 heterocycles. The summed E-state index contributed by atoms with van der Waals surface area (Å²) in [6, 6.07) is -1.55. The standard InChI is InChI=1S/C34H62NO10P/c1-3-5-7-9-10-11-12-13-14-15-16-17-18-19-20-21-22-23-25-32(37)35-31(34(39)40)29-45-46(41,42)44-28-30(36)27-43-33(38)26-24-8-6-4-2/h11-12,14-15,30-31,36H,3-10,13,16-29H2,1-2H3,(H,35,37)(H,39,40)(H,41,42)/b12-11-,15-14-. The van der Waals surface area contributed by atoms with Gasteiger partial charge in [-0.25, -0.2) is 9.36 Å². The van der Waals surface area contributed by atoms with Crippen molar-refractivity contribution in [3.05, 3.63) is 24.3 Å². The Morgan fingerprint density at radius 1 is 0.696 bits per heavy atom. The Bertz CT molecular complexity index is 895. The molecule has 0 aliphatic heterocycles. The molecular weight excluding hydrogens is 613 g/mol. The number of carboxylic acid groups (broad SMARTS) is 1. The number of phosphoric acid groups is 1. The molecule has 11 nitrogen and oxygen atoms in total. The van der Waals surface area contributed by atoms with E-state index in [9.17, 15) is 34.1 Å². The van der Waals surface area contributed by atoms with Gasteiger partial charge in [0.05, 0.1) is 13.2 Å². The van der Waals surface area contributed by atoms with Gasteiger partial charge in [0.15, 0.2) is 6.04 Å². The fourth-order valence-corrected chi connectivity index (χ4v) is 5.23. The highest BCUT2D eigenvalue weighted by Gasteiger charge is 2.28. The molecule has 0 fully saturated rings. The van der Waals surface area contributed by atoms with Crippen LogP contribution in [-0.2, 0) is 32.7 Å². The van der Waals surface area contributed by atoms with E-state index in [1.54, 1.807) is 0 Å². The van der Waals surface area contributed by atoms with Gasteiger partial charge in [-0.3, -0.25) is 18.6 Å². The van der Waals surface area contributed by atoms with Crippen LogP contribution >= 0.6 is 7.82 Å². The SMILES string of the molecule is CCCCCC/C=C\C/C=C\CCCCCCCCCC(=O)NC(COP(=O)(O)OCC(O)COC(=O)CCCCCC)C(=O)O. The molecule has 46 heavy (non-hydrogen) atoms. The van der Waals surface area contributed by atoms with Crippen LogP contribution in [0.3, 0.4) is 0 Å². The first-order valence-corrected chi connectivity index (χ1v) is 18.9. The van der Waals surface area contributed by atoms with E-state index in [0.29, 0.717) is 12.8 Å². The molecule has 3 atom stereocenters. The second-order valence-corrected chi connectivity index (χ2v) is 13.2. The number of aliphatic hydroxyl groups is 1. The number of allylic oxidation sites excluding steroid dienone is 4. The maximum atomic E-state index is 12.2. The van der Waals surface area contributed by atoms with Crippen molar-refractivity contribution in [2.45, 2.75) is 154 Å². The van der Waals surface area contributed by atoms with Crippen molar-refractivity contribution in [1.29, 1.82) is 0 Å². The van der Waals surface area contributed by atoms with Crippen molar-refractivity contribution >= 4 is 25.7 Å². The van der Waals surface area contributed by atoms with Gasteiger partial charge >= 0.3 is 19.8 Å². The van der Waals surface area contributed by atoms with E-state index in [1.807, 2.05) is 0 Å². The zero-order valence-corrected chi connectivity index (χ0v) is 29.3. The molecule has 0 rings (SSSR count). The van der Waals surface area contributed by atoms with Gasteiger partial charge in [-0.15, -0.1) is 0 Å². The van der Waals surface area contributed by atoms with E-state index in [1.165, 1.54) is 44.9 Å². The summed E-state index contributed by atoms with van der Waals surface area (Å²) in [7, 11) is -4.73. The molecule has 0 bridgehead atoms. The number of aliphatic carboxylic acids is 1. The van der Waals surface area contributed by atoms with Crippen LogP contribution < -0.4 is 5.32 Å².